The maximum Gasteiger partial charge on any atom is 0.247 e. The lowest BCUT2D eigenvalue weighted by Crippen LogP contribution is -2.44. The standard InChI is InChI=1S/C22H24ClN3O4S/c1-14-18(23)6-5-7-19(14)24-22(28)21-13-16-12-17(8-9-20(16)26(21)15(2)27)31(29,30)25-10-3-4-11-25/h5-9,12,21H,3-4,10-11,13H2,1-2H3,(H,24,28). The van der Waals surface area contributed by atoms with E-state index in [1.807, 2.05) is 0 Å². The number of hydrogen-bond acceptors (Lipinski definition) is 4. The van der Waals surface area contributed by atoms with E-state index < -0.39 is 16.1 Å². The highest BCUT2D eigenvalue weighted by atomic mass is 35.5. The van der Waals surface area contributed by atoms with Crippen molar-refractivity contribution < 1.29 is 18.0 Å². The molecule has 1 saturated heterocycles. The first kappa shape index (κ1) is 21.8. The van der Waals surface area contributed by atoms with Crippen LogP contribution in [0.5, 0.6) is 0 Å². The topological polar surface area (TPSA) is 86.8 Å². The zero-order chi connectivity index (χ0) is 22.3. The van der Waals surface area contributed by atoms with Gasteiger partial charge in [-0.25, -0.2) is 8.42 Å². The van der Waals surface area contributed by atoms with Crippen molar-refractivity contribution in [3.05, 3.63) is 52.5 Å². The van der Waals surface area contributed by atoms with Gasteiger partial charge in [0.2, 0.25) is 21.8 Å². The molecule has 0 aliphatic carbocycles. The molecule has 0 radical (unpaired) electrons. The number of hydrogen-bond donors (Lipinski definition) is 1. The lowest BCUT2D eigenvalue weighted by Gasteiger charge is -2.24. The summed E-state index contributed by atoms with van der Waals surface area (Å²) in [6.07, 6.45) is 1.95. The van der Waals surface area contributed by atoms with E-state index in [0.717, 1.165) is 18.4 Å². The number of carbonyl (C=O) groups is 2. The van der Waals surface area contributed by atoms with E-state index in [9.17, 15) is 18.0 Å². The number of carbonyl (C=O) groups excluding carboxylic acids is 2. The van der Waals surface area contributed by atoms with Crippen LogP contribution in [0.15, 0.2) is 41.3 Å². The van der Waals surface area contributed by atoms with Gasteiger partial charge >= 0.3 is 0 Å². The molecule has 2 aliphatic rings. The fourth-order valence-corrected chi connectivity index (χ4v) is 5.97. The molecule has 0 bridgehead atoms. The molecular weight excluding hydrogens is 438 g/mol. The van der Waals surface area contributed by atoms with E-state index in [1.165, 1.54) is 22.2 Å². The van der Waals surface area contributed by atoms with Gasteiger partial charge in [-0.15, -0.1) is 0 Å². The Labute approximate surface area is 187 Å². The van der Waals surface area contributed by atoms with Crippen molar-refractivity contribution in [3.8, 4) is 0 Å². The molecule has 2 amide bonds. The monoisotopic (exact) mass is 461 g/mol. The van der Waals surface area contributed by atoms with Crippen LogP contribution < -0.4 is 10.2 Å². The van der Waals surface area contributed by atoms with Crippen LogP contribution in [0, 0.1) is 6.92 Å². The van der Waals surface area contributed by atoms with Gasteiger partial charge in [0.05, 0.1) is 4.90 Å². The number of anilines is 2. The smallest absolute Gasteiger partial charge is 0.247 e. The first-order chi connectivity index (χ1) is 14.7. The number of nitrogens with one attached hydrogen (secondary N) is 1. The molecule has 1 fully saturated rings. The van der Waals surface area contributed by atoms with Crippen LogP contribution >= 0.6 is 11.6 Å². The quantitative estimate of drug-likeness (QED) is 0.756. The molecule has 2 aromatic carbocycles. The van der Waals surface area contributed by atoms with Crippen molar-refractivity contribution in [1.82, 2.24) is 4.31 Å². The van der Waals surface area contributed by atoms with Gasteiger partial charge in [0.1, 0.15) is 6.04 Å². The molecule has 1 atom stereocenters. The minimum Gasteiger partial charge on any atom is -0.324 e. The first-order valence-electron chi connectivity index (χ1n) is 10.2. The molecule has 0 aromatic heterocycles. The van der Waals surface area contributed by atoms with E-state index in [0.29, 0.717) is 35.1 Å². The molecule has 2 heterocycles. The molecule has 4 rings (SSSR count). The van der Waals surface area contributed by atoms with E-state index in [2.05, 4.69) is 5.32 Å². The summed E-state index contributed by atoms with van der Waals surface area (Å²) in [4.78, 5) is 27.1. The molecule has 0 spiro atoms. The van der Waals surface area contributed by atoms with Gasteiger partial charge in [0.15, 0.2) is 0 Å². The third-order valence-corrected chi connectivity index (χ3v) is 8.21. The zero-order valence-electron chi connectivity index (χ0n) is 17.4. The van der Waals surface area contributed by atoms with Gasteiger partial charge in [-0.3, -0.25) is 14.5 Å². The lowest BCUT2D eigenvalue weighted by molar-refractivity contribution is -0.122. The van der Waals surface area contributed by atoms with Crippen LogP contribution in [-0.4, -0.2) is 43.7 Å². The Morgan fingerprint density at radius 1 is 1.13 bits per heavy atom. The lowest BCUT2D eigenvalue weighted by atomic mass is 10.1. The van der Waals surface area contributed by atoms with Crippen LogP contribution in [-0.2, 0) is 26.0 Å². The summed E-state index contributed by atoms with van der Waals surface area (Å²) >= 11 is 6.15. The van der Waals surface area contributed by atoms with Crippen LogP contribution in [0.4, 0.5) is 11.4 Å². The predicted molar refractivity (Wildman–Crippen MR) is 120 cm³/mol. The van der Waals surface area contributed by atoms with Gasteiger partial charge in [-0.1, -0.05) is 17.7 Å². The number of nitrogens with zero attached hydrogens (tertiary/aromatic N) is 2. The third kappa shape index (κ3) is 3.95. The Bertz CT molecular complexity index is 1160. The summed E-state index contributed by atoms with van der Waals surface area (Å²) in [5.41, 5.74) is 2.55. The van der Waals surface area contributed by atoms with Gasteiger partial charge in [-0.05, 0) is 61.2 Å². The van der Waals surface area contributed by atoms with Crippen LogP contribution in [0.1, 0.15) is 30.9 Å². The summed E-state index contributed by atoms with van der Waals surface area (Å²) in [7, 11) is -3.58. The van der Waals surface area contributed by atoms with Crippen LogP contribution in [0.2, 0.25) is 5.02 Å². The third-order valence-electron chi connectivity index (χ3n) is 5.91. The van der Waals surface area contributed by atoms with Crippen molar-refractivity contribution in [2.24, 2.45) is 0 Å². The average Bonchev–Trinajstić information content (AvgIpc) is 3.39. The van der Waals surface area contributed by atoms with Crippen molar-refractivity contribution in [2.45, 2.75) is 44.0 Å². The molecule has 7 nitrogen and oxygen atoms in total. The van der Waals surface area contributed by atoms with E-state index in [-0.39, 0.29) is 23.1 Å². The number of rotatable bonds is 4. The highest BCUT2D eigenvalue weighted by Gasteiger charge is 2.38. The van der Waals surface area contributed by atoms with Gasteiger partial charge in [-0.2, -0.15) is 4.31 Å². The van der Waals surface area contributed by atoms with E-state index in [4.69, 9.17) is 11.6 Å². The fourth-order valence-electron chi connectivity index (χ4n) is 4.22. The highest BCUT2D eigenvalue weighted by Crippen LogP contribution is 2.36. The second-order valence-electron chi connectivity index (χ2n) is 7.91. The summed E-state index contributed by atoms with van der Waals surface area (Å²) in [5.74, 6) is -0.627. The average molecular weight is 462 g/mol. The van der Waals surface area contributed by atoms with Crippen LogP contribution in [0.25, 0.3) is 0 Å². The van der Waals surface area contributed by atoms with E-state index >= 15 is 0 Å². The summed E-state index contributed by atoms with van der Waals surface area (Å²) < 4.78 is 27.3. The van der Waals surface area contributed by atoms with Crippen molar-refractivity contribution in [2.75, 3.05) is 23.3 Å². The van der Waals surface area contributed by atoms with Crippen molar-refractivity contribution in [1.29, 1.82) is 0 Å². The van der Waals surface area contributed by atoms with Gasteiger partial charge in [0, 0.05) is 42.8 Å². The Hall–Kier alpha value is -2.42. The van der Waals surface area contributed by atoms with Crippen molar-refractivity contribution >= 4 is 44.8 Å². The minimum atomic E-state index is -3.58. The predicted octanol–water partition coefficient (Wildman–Crippen LogP) is 3.35. The normalized spacial score (nSPS) is 18.8. The SMILES string of the molecule is CC(=O)N1c2ccc(S(=O)(=O)N3CCCC3)cc2CC1C(=O)Nc1cccc(Cl)c1C. The summed E-state index contributed by atoms with van der Waals surface area (Å²) in [6, 6.07) is 9.20. The Kier molecular flexibility index (Phi) is 5.81. The largest absolute Gasteiger partial charge is 0.324 e. The number of amides is 2. The molecule has 1 N–H and O–H groups in total. The number of halogens is 1. The molecule has 31 heavy (non-hydrogen) atoms. The Balaban J connectivity index is 1.63. The number of fused-ring (bicyclic) bond motifs is 1. The number of benzene rings is 2. The molecule has 164 valence electrons. The maximum atomic E-state index is 13.1. The second-order valence-corrected chi connectivity index (χ2v) is 10.3. The summed E-state index contributed by atoms with van der Waals surface area (Å²) in [5, 5.41) is 3.39. The highest BCUT2D eigenvalue weighted by molar-refractivity contribution is 7.89. The molecule has 0 saturated carbocycles. The number of sulfonamides is 1. The van der Waals surface area contributed by atoms with Crippen LogP contribution in [0.3, 0.4) is 0 Å². The molecule has 2 aliphatic heterocycles. The molecule has 1 unspecified atom stereocenters. The van der Waals surface area contributed by atoms with Gasteiger partial charge in [0.25, 0.3) is 0 Å². The maximum absolute atomic E-state index is 13.1. The molecular formula is C22H24ClN3O4S. The first-order valence-corrected chi connectivity index (χ1v) is 12.0. The molecule has 9 heteroatoms. The van der Waals surface area contributed by atoms with Crippen molar-refractivity contribution in [3.63, 3.8) is 0 Å². The summed E-state index contributed by atoms with van der Waals surface area (Å²) in [6.45, 7) is 4.24. The second kappa shape index (κ2) is 8.26. The molecule has 2 aromatic rings. The Morgan fingerprint density at radius 2 is 1.84 bits per heavy atom. The minimum absolute atomic E-state index is 0.198. The zero-order valence-corrected chi connectivity index (χ0v) is 19.0. The fraction of sp³-hybridized carbons (Fsp3) is 0.364. The van der Waals surface area contributed by atoms with E-state index in [1.54, 1.807) is 37.3 Å². The Morgan fingerprint density at radius 3 is 2.52 bits per heavy atom. The van der Waals surface area contributed by atoms with Gasteiger partial charge < -0.3 is 5.32 Å².